The van der Waals surface area contributed by atoms with Crippen LogP contribution in [0.25, 0.3) is 0 Å². The Morgan fingerprint density at radius 2 is 1.81 bits per heavy atom. The molecule has 2 heterocycles. The first kappa shape index (κ1) is 19.6. The Bertz CT molecular complexity index is 641. The van der Waals surface area contributed by atoms with Crippen LogP contribution in [0, 0.1) is 5.92 Å². The Morgan fingerprint density at radius 3 is 2.48 bits per heavy atom. The Hall–Kier alpha value is -2.12. The number of ether oxygens (including phenoxy) is 1. The van der Waals surface area contributed by atoms with Crippen molar-refractivity contribution in [1.29, 1.82) is 0 Å². The predicted octanol–water partition coefficient (Wildman–Crippen LogP) is 0.944. The van der Waals surface area contributed by atoms with E-state index in [1.54, 1.807) is 12.0 Å². The third kappa shape index (κ3) is 4.99. The molecule has 0 bridgehead atoms. The van der Waals surface area contributed by atoms with Gasteiger partial charge in [0.2, 0.25) is 11.8 Å². The van der Waals surface area contributed by atoms with E-state index >= 15 is 0 Å². The molecule has 7 nitrogen and oxygen atoms in total. The minimum Gasteiger partial charge on any atom is -0.385 e. The number of anilines is 2. The number of carbonyl (C=O) groups excluding carboxylic acids is 2. The van der Waals surface area contributed by atoms with E-state index in [0.29, 0.717) is 19.7 Å². The van der Waals surface area contributed by atoms with E-state index in [2.05, 4.69) is 34.3 Å². The molecule has 2 aliphatic rings. The molecule has 148 valence electrons. The highest BCUT2D eigenvalue weighted by molar-refractivity contribution is 6.00. The van der Waals surface area contributed by atoms with Crippen molar-refractivity contribution in [2.75, 3.05) is 69.8 Å². The van der Waals surface area contributed by atoms with E-state index in [9.17, 15) is 9.59 Å². The molecule has 27 heavy (non-hydrogen) atoms. The summed E-state index contributed by atoms with van der Waals surface area (Å²) in [6.45, 7) is 5.81. The highest BCUT2D eigenvalue weighted by Gasteiger charge is 2.35. The number of benzene rings is 1. The van der Waals surface area contributed by atoms with E-state index < -0.39 is 0 Å². The van der Waals surface area contributed by atoms with Crippen molar-refractivity contribution in [2.45, 2.75) is 12.8 Å². The third-order valence-electron chi connectivity index (χ3n) is 5.35. The minimum atomic E-state index is -0.280. The number of nitrogens with one attached hydrogen (secondary N) is 1. The first-order valence-corrected chi connectivity index (χ1v) is 9.69. The van der Waals surface area contributed by atoms with Crippen LogP contribution < -0.4 is 15.1 Å². The maximum absolute atomic E-state index is 12.4. The summed E-state index contributed by atoms with van der Waals surface area (Å²) >= 11 is 0. The Balaban J connectivity index is 1.55. The number of hydrogen-bond donors (Lipinski definition) is 1. The van der Waals surface area contributed by atoms with Crippen LogP contribution in [0.5, 0.6) is 0 Å². The topological polar surface area (TPSA) is 65.1 Å². The zero-order valence-corrected chi connectivity index (χ0v) is 16.3. The number of piperazine rings is 1. The number of rotatable bonds is 7. The minimum absolute atomic E-state index is 0.0133. The van der Waals surface area contributed by atoms with Gasteiger partial charge in [0.05, 0.1) is 5.92 Å². The first-order chi connectivity index (χ1) is 13.1. The van der Waals surface area contributed by atoms with E-state index in [1.807, 2.05) is 12.1 Å². The Labute approximate surface area is 161 Å². The molecule has 2 aliphatic heterocycles. The number of nitrogens with zero attached hydrogens (tertiary/aromatic N) is 3. The molecular formula is C20H30N4O3. The van der Waals surface area contributed by atoms with Crippen molar-refractivity contribution in [1.82, 2.24) is 10.2 Å². The maximum Gasteiger partial charge on any atom is 0.227 e. The molecule has 0 saturated carbocycles. The third-order valence-corrected chi connectivity index (χ3v) is 5.35. The Kier molecular flexibility index (Phi) is 6.68. The SMILES string of the molecule is COCCCNC(=O)C1CC(=O)N(c2ccc(N3CCN(C)CC3)cc2)C1. The van der Waals surface area contributed by atoms with Gasteiger partial charge >= 0.3 is 0 Å². The van der Waals surface area contributed by atoms with Crippen molar-refractivity contribution in [3.05, 3.63) is 24.3 Å². The Morgan fingerprint density at radius 1 is 1.15 bits per heavy atom. The summed E-state index contributed by atoms with van der Waals surface area (Å²) in [7, 11) is 3.79. The average molecular weight is 374 g/mol. The van der Waals surface area contributed by atoms with Gasteiger partial charge in [-0.15, -0.1) is 0 Å². The van der Waals surface area contributed by atoms with Gasteiger partial charge in [0.25, 0.3) is 0 Å². The molecule has 7 heteroatoms. The van der Waals surface area contributed by atoms with Crippen LogP contribution in [0.4, 0.5) is 11.4 Å². The van der Waals surface area contributed by atoms with Gasteiger partial charge in [-0.1, -0.05) is 0 Å². The molecule has 2 amide bonds. The van der Waals surface area contributed by atoms with Crippen LogP contribution in [0.1, 0.15) is 12.8 Å². The molecule has 2 saturated heterocycles. The van der Waals surface area contributed by atoms with Crippen molar-refractivity contribution in [2.24, 2.45) is 5.92 Å². The van der Waals surface area contributed by atoms with Crippen LogP contribution in [0.3, 0.4) is 0 Å². The second-order valence-electron chi connectivity index (χ2n) is 7.35. The van der Waals surface area contributed by atoms with E-state index in [0.717, 1.165) is 38.3 Å². The number of hydrogen-bond acceptors (Lipinski definition) is 5. The van der Waals surface area contributed by atoms with Crippen LogP contribution >= 0.6 is 0 Å². The fourth-order valence-corrected chi connectivity index (χ4v) is 3.61. The van der Waals surface area contributed by atoms with Crippen LogP contribution in [-0.4, -0.2) is 76.7 Å². The second kappa shape index (κ2) is 9.19. The fraction of sp³-hybridized carbons (Fsp3) is 0.600. The van der Waals surface area contributed by atoms with Gasteiger partial charge in [0, 0.05) is 70.8 Å². The summed E-state index contributed by atoms with van der Waals surface area (Å²) in [4.78, 5) is 31.1. The molecule has 0 aromatic heterocycles. The molecule has 1 atom stereocenters. The van der Waals surface area contributed by atoms with E-state index in [1.165, 1.54) is 5.69 Å². The zero-order valence-electron chi connectivity index (χ0n) is 16.3. The molecule has 1 aromatic rings. The molecule has 1 N–H and O–H groups in total. The fourth-order valence-electron chi connectivity index (χ4n) is 3.61. The van der Waals surface area contributed by atoms with Gasteiger partial charge in [-0.3, -0.25) is 9.59 Å². The number of carbonyl (C=O) groups is 2. The molecule has 1 unspecified atom stereocenters. The van der Waals surface area contributed by atoms with Gasteiger partial charge in [-0.05, 0) is 37.7 Å². The lowest BCUT2D eigenvalue weighted by Gasteiger charge is -2.34. The quantitative estimate of drug-likeness (QED) is 0.720. The lowest BCUT2D eigenvalue weighted by atomic mass is 10.1. The normalized spacial score (nSPS) is 21.0. The van der Waals surface area contributed by atoms with Gasteiger partial charge in [0.15, 0.2) is 0 Å². The molecule has 0 aliphatic carbocycles. The predicted molar refractivity (Wildman–Crippen MR) is 106 cm³/mol. The summed E-state index contributed by atoms with van der Waals surface area (Å²) < 4.78 is 4.98. The average Bonchev–Trinajstić information content (AvgIpc) is 3.08. The summed E-state index contributed by atoms with van der Waals surface area (Å²) in [6.07, 6.45) is 1.05. The van der Waals surface area contributed by atoms with Gasteiger partial charge in [0.1, 0.15) is 0 Å². The maximum atomic E-state index is 12.4. The molecule has 1 aromatic carbocycles. The van der Waals surface area contributed by atoms with Crippen LogP contribution in [-0.2, 0) is 14.3 Å². The highest BCUT2D eigenvalue weighted by Crippen LogP contribution is 2.27. The van der Waals surface area contributed by atoms with Crippen molar-refractivity contribution < 1.29 is 14.3 Å². The van der Waals surface area contributed by atoms with Crippen molar-refractivity contribution in [3.8, 4) is 0 Å². The molecule has 0 spiro atoms. The number of amides is 2. The lowest BCUT2D eigenvalue weighted by molar-refractivity contribution is -0.126. The monoisotopic (exact) mass is 374 g/mol. The van der Waals surface area contributed by atoms with Crippen LogP contribution in [0.15, 0.2) is 24.3 Å². The summed E-state index contributed by atoms with van der Waals surface area (Å²) in [5.74, 6) is -0.312. The van der Waals surface area contributed by atoms with Crippen molar-refractivity contribution in [3.63, 3.8) is 0 Å². The van der Waals surface area contributed by atoms with E-state index in [-0.39, 0.29) is 24.2 Å². The standard InChI is InChI=1S/C20H30N4O3/c1-22-9-11-23(12-10-22)17-4-6-18(7-5-17)24-15-16(14-19(24)25)20(26)21-8-3-13-27-2/h4-7,16H,3,8-15H2,1-2H3,(H,21,26). The smallest absolute Gasteiger partial charge is 0.227 e. The van der Waals surface area contributed by atoms with Gasteiger partial charge in [-0.25, -0.2) is 0 Å². The van der Waals surface area contributed by atoms with Crippen molar-refractivity contribution >= 4 is 23.2 Å². The number of methoxy groups -OCH3 is 1. The summed E-state index contributed by atoms with van der Waals surface area (Å²) in [5.41, 5.74) is 2.05. The second-order valence-corrected chi connectivity index (χ2v) is 7.35. The largest absolute Gasteiger partial charge is 0.385 e. The van der Waals surface area contributed by atoms with Gasteiger partial charge in [-0.2, -0.15) is 0 Å². The molecular weight excluding hydrogens is 344 g/mol. The lowest BCUT2D eigenvalue weighted by Crippen LogP contribution is -2.44. The van der Waals surface area contributed by atoms with Crippen LogP contribution in [0.2, 0.25) is 0 Å². The first-order valence-electron chi connectivity index (χ1n) is 9.69. The van der Waals surface area contributed by atoms with Gasteiger partial charge < -0.3 is 24.8 Å². The summed E-state index contributed by atoms with van der Waals surface area (Å²) in [5, 5.41) is 2.90. The highest BCUT2D eigenvalue weighted by atomic mass is 16.5. The summed E-state index contributed by atoms with van der Waals surface area (Å²) in [6, 6.07) is 8.13. The molecule has 0 radical (unpaired) electrons. The molecule has 3 rings (SSSR count). The number of likely N-dealkylation sites (N-methyl/N-ethyl adjacent to an activating group) is 1. The zero-order chi connectivity index (χ0) is 19.2. The molecule has 2 fully saturated rings. The van der Waals surface area contributed by atoms with E-state index in [4.69, 9.17) is 4.74 Å².